The van der Waals surface area contributed by atoms with Gasteiger partial charge in [0.25, 0.3) is 11.1 Å². The lowest BCUT2D eigenvalue weighted by atomic mass is 10.1. The zero-order chi connectivity index (χ0) is 20.1. The Kier molecular flexibility index (Phi) is 5.96. The number of carbonyl (C=O) groups is 3. The SMILES string of the molecule is CC(/C=C1\SC(=O)N(CC(=O)Nc2cccc(O)c2)C1=O)=C\c1ccccc1. The van der Waals surface area contributed by atoms with Crippen molar-refractivity contribution in [1.82, 2.24) is 4.90 Å². The number of rotatable bonds is 5. The maximum Gasteiger partial charge on any atom is 0.294 e. The number of hydrogen-bond donors (Lipinski definition) is 2. The highest BCUT2D eigenvalue weighted by Gasteiger charge is 2.36. The molecule has 2 aromatic carbocycles. The number of phenolic OH excluding ortho intramolecular Hbond substituents is 1. The van der Waals surface area contributed by atoms with Crippen LogP contribution in [0.1, 0.15) is 12.5 Å². The molecule has 0 saturated carbocycles. The fourth-order valence-corrected chi connectivity index (χ4v) is 3.51. The first kappa shape index (κ1) is 19.4. The predicted molar refractivity (Wildman–Crippen MR) is 110 cm³/mol. The van der Waals surface area contributed by atoms with Crippen LogP contribution >= 0.6 is 11.8 Å². The van der Waals surface area contributed by atoms with Crippen LogP contribution in [-0.4, -0.2) is 33.6 Å². The van der Waals surface area contributed by atoms with E-state index in [4.69, 9.17) is 0 Å². The number of nitrogens with one attached hydrogen (secondary N) is 1. The van der Waals surface area contributed by atoms with Crippen LogP contribution in [0.2, 0.25) is 0 Å². The van der Waals surface area contributed by atoms with Crippen molar-refractivity contribution in [3.63, 3.8) is 0 Å². The summed E-state index contributed by atoms with van der Waals surface area (Å²) in [7, 11) is 0. The molecule has 0 bridgehead atoms. The zero-order valence-corrected chi connectivity index (χ0v) is 15.9. The third kappa shape index (κ3) is 4.89. The quantitative estimate of drug-likeness (QED) is 0.748. The Hall–Kier alpha value is -3.32. The first-order valence-electron chi connectivity index (χ1n) is 8.50. The highest BCUT2D eigenvalue weighted by molar-refractivity contribution is 8.18. The summed E-state index contributed by atoms with van der Waals surface area (Å²) < 4.78 is 0. The molecule has 0 unspecified atom stereocenters. The third-order valence-electron chi connectivity index (χ3n) is 3.86. The van der Waals surface area contributed by atoms with Crippen LogP contribution in [0.15, 0.2) is 71.2 Å². The summed E-state index contributed by atoms with van der Waals surface area (Å²) in [5, 5.41) is 11.5. The summed E-state index contributed by atoms with van der Waals surface area (Å²) >= 11 is 0.809. The van der Waals surface area contributed by atoms with E-state index in [0.29, 0.717) is 5.69 Å². The van der Waals surface area contributed by atoms with Gasteiger partial charge >= 0.3 is 0 Å². The topological polar surface area (TPSA) is 86.7 Å². The number of benzene rings is 2. The fraction of sp³-hybridized carbons (Fsp3) is 0.0952. The Morgan fingerprint density at radius 3 is 2.61 bits per heavy atom. The van der Waals surface area contributed by atoms with Crippen molar-refractivity contribution in [2.45, 2.75) is 6.92 Å². The van der Waals surface area contributed by atoms with Gasteiger partial charge in [0.2, 0.25) is 5.91 Å². The van der Waals surface area contributed by atoms with E-state index >= 15 is 0 Å². The van der Waals surface area contributed by atoms with E-state index in [0.717, 1.165) is 27.8 Å². The van der Waals surface area contributed by atoms with Gasteiger partial charge in [-0.05, 0) is 48.0 Å². The molecule has 6 nitrogen and oxygen atoms in total. The molecule has 2 aromatic rings. The van der Waals surface area contributed by atoms with Gasteiger partial charge in [0.05, 0.1) is 4.91 Å². The Bertz CT molecular complexity index is 983. The molecule has 1 fully saturated rings. The van der Waals surface area contributed by atoms with Crippen LogP contribution in [0.25, 0.3) is 6.08 Å². The van der Waals surface area contributed by atoms with Gasteiger partial charge in [-0.1, -0.05) is 42.5 Å². The summed E-state index contributed by atoms with van der Waals surface area (Å²) in [4.78, 5) is 38.0. The first-order chi connectivity index (χ1) is 13.4. The molecular formula is C21H18N2O4S. The molecule has 1 aliphatic heterocycles. The van der Waals surface area contributed by atoms with Crippen molar-refractivity contribution < 1.29 is 19.5 Å². The molecule has 1 aliphatic rings. The van der Waals surface area contributed by atoms with E-state index in [-0.39, 0.29) is 17.2 Å². The molecule has 1 saturated heterocycles. The van der Waals surface area contributed by atoms with Crippen molar-refractivity contribution in [1.29, 1.82) is 0 Å². The van der Waals surface area contributed by atoms with Gasteiger partial charge in [0, 0.05) is 11.8 Å². The summed E-state index contributed by atoms with van der Waals surface area (Å²) in [5.74, 6) is -1.01. The molecule has 7 heteroatoms. The van der Waals surface area contributed by atoms with Crippen molar-refractivity contribution in [2.75, 3.05) is 11.9 Å². The Morgan fingerprint density at radius 1 is 1.14 bits per heavy atom. The largest absolute Gasteiger partial charge is 0.508 e. The van der Waals surface area contributed by atoms with Crippen LogP contribution < -0.4 is 5.32 Å². The fourth-order valence-electron chi connectivity index (χ4n) is 2.62. The second kappa shape index (κ2) is 8.58. The average molecular weight is 394 g/mol. The minimum atomic E-state index is -0.523. The summed E-state index contributed by atoms with van der Waals surface area (Å²) in [5.41, 5.74) is 2.19. The molecule has 28 heavy (non-hydrogen) atoms. The molecule has 0 aromatic heterocycles. The maximum atomic E-state index is 12.5. The van der Waals surface area contributed by atoms with Gasteiger partial charge in [-0.15, -0.1) is 0 Å². The minimum Gasteiger partial charge on any atom is -0.508 e. The van der Waals surface area contributed by atoms with E-state index in [1.807, 2.05) is 43.3 Å². The number of thioether (sulfide) groups is 1. The average Bonchev–Trinajstić information content (AvgIpc) is 2.90. The van der Waals surface area contributed by atoms with Crippen LogP contribution in [0.3, 0.4) is 0 Å². The molecular weight excluding hydrogens is 376 g/mol. The number of allylic oxidation sites excluding steroid dienone is 2. The van der Waals surface area contributed by atoms with E-state index in [9.17, 15) is 19.5 Å². The number of phenols is 1. The van der Waals surface area contributed by atoms with Crippen LogP contribution in [0.4, 0.5) is 10.5 Å². The smallest absolute Gasteiger partial charge is 0.294 e. The van der Waals surface area contributed by atoms with Crippen molar-refractivity contribution in [3.8, 4) is 5.75 Å². The van der Waals surface area contributed by atoms with Crippen molar-refractivity contribution in [2.24, 2.45) is 0 Å². The number of amides is 3. The van der Waals surface area contributed by atoms with Crippen LogP contribution in [0, 0.1) is 0 Å². The Balaban J connectivity index is 1.67. The molecule has 0 aliphatic carbocycles. The lowest BCUT2D eigenvalue weighted by Gasteiger charge is -2.12. The highest BCUT2D eigenvalue weighted by atomic mass is 32.2. The molecule has 3 rings (SSSR count). The van der Waals surface area contributed by atoms with Crippen molar-refractivity contribution in [3.05, 3.63) is 76.7 Å². The second-order valence-electron chi connectivity index (χ2n) is 6.17. The van der Waals surface area contributed by atoms with Gasteiger partial charge < -0.3 is 10.4 Å². The second-order valence-corrected chi connectivity index (χ2v) is 7.16. The number of anilines is 1. The standard InChI is InChI=1S/C21H18N2O4S/c1-14(10-15-6-3-2-4-7-15)11-18-20(26)23(21(27)28-18)13-19(25)22-16-8-5-9-17(24)12-16/h2-12,24H,13H2,1H3,(H,22,25)/b14-10+,18-11-. The summed E-state index contributed by atoms with van der Waals surface area (Å²) in [6.07, 6.45) is 3.55. The lowest BCUT2D eigenvalue weighted by Crippen LogP contribution is -2.36. The predicted octanol–water partition coefficient (Wildman–Crippen LogP) is 4.01. The first-order valence-corrected chi connectivity index (χ1v) is 9.31. The molecule has 3 amide bonds. The number of aromatic hydroxyl groups is 1. The van der Waals surface area contributed by atoms with E-state index in [1.165, 1.54) is 12.1 Å². The van der Waals surface area contributed by atoms with E-state index in [1.54, 1.807) is 18.2 Å². The van der Waals surface area contributed by atoms with Crippen molar-refractivity contribution >= 4 is 40.6 Å². The maximum absolute atomic E-state index is 12.5. The summed E-state index contributed by atoms with van der Waals surface area (Å²) in [6, 6.07) is 15.7. The van der Waals surface area contributed by atoms with E-state index < -0.39 is 17.1 Å². The Labute approximate surface area is 166 Å². The number of nitrogens with zero attached hydrogens (tertiary/aromatic N) is 1. The number of hydrogen-bond acceptors (Lipinski definition) is 5. The van der Waals surface area contributed by atoms with Gasteiger partial charge in [0.1, 0.15) is 12.3 Å². The van der Waals surface area contributed by atoms with E-state index in [2.05, 4.69) is 5.32 Å². The van der Waals surface area contributed by atoms with Gasteiger partial charge in [0.15, 0.2) is 0 Å². The highest BCUT2D eigenvalue weighted by Crippen LogP contribution is 2.31. The van der Waals surface area contributed by atoms with Gasteiger partial charge in [-0.3, -0.25) is 19.3 Å². The zero-order valence-electron chi connectivity index (χ0n) is 15.1. The minimum absolute atomic E-state index is 0.00702. The van der Waals surface area contributed by atoms with Crippen LogP contribution in [0.5, 0.6) is 5.75 Å². The molecule has 142 valence electrons. The number of carbonyl (C=O) groups excluding carboxylic acids is 3. The third-order valence-corrected chi connectivity index (χ3v) is 4.77. The lowest BCUT2D eigenvalue weighted by molar-refractivity contribution is -0.127. The molecule has 0 radical (unpaired) electrons. The monoisotopic (exact) mass is 394 g/mol. The molecule has 0 spiro atoms. The van der Waals surface area contributed by atoms with Gasteiger partial charge in [-0.25, -0.2) is 0 Å². The molecule has 2 N–H and O–H groups in total. The summed E-state index contributed by atoms with van der Waals surface area (Å²) in [6.45, 7) is 1.45. The van der Waals surface area contributed by atoms with Gasteiger partial charge in [-0.2, -0.15) is 0 Å². The van der Waals surface area contributed by atoms with Crippen LogP contribution in [-0.2, 0) is 9.59 Å². The normalized spacial score (nSPS) is 16.0. The molecule has 1 heterocycles. The Morgan fingerprint density at radius 2 is 1.89 bits per heavy atom. The molecule has 0 atom stereocenters. The number of imide groups is 1.